The summed E-state index contributed by atoms with van der Waals surface area (Å²) in [6.45, 7) is 2.09. The van der Waals surface area contributed by atoms with Gasteiger partial charge in [-0.3, -0.25) is 4.99 Å². The van der Waals surface area contributed by atoms with Gasteiger partial charge in [-0.1, -0.05) is 18.2 Å². The van der Waals surface area contributed by atoms with Crippen molar-refractivity contribution in [3.05, 3.63) is 88.5 Å². The Morgan fingerprint density at radius 2 is 1.75 bits per heavy atom. The first kappa shape index (κ1) is 22.6. The number of hydrogen-bond donors (Lipinski definition) is 1. The van der Waals surface area contributed by atoms with Crippen LogP contribution in [-0.2, 0) is 11.3 Å². The highest BCUT2D eigenvalue weighted by atomic mass is 16.5. The molecule has 0 aliphatic carbocycles. The second-order valence-corrected chi connectivity index (χ2v) is 6.90. The zero-order chi connectivity index (χ0) is 23.1. The summed E-state index contributed by atoms with van der Waals surface area (Å²) in [7, 11) is 2.90. The van der Waals surface area contributed by atoms with Crippen LogP contribution in [0, 0.1) is 6.92 Å². The molecular formula is C25H23NO6. The number of methoxy groups -OCH3 is 2. The quantitative estimate of drug-likeness (QED) is 0.404. The highest BCUT2D eigenvalue weighted by Gasteiger charge is 2.11. The molecule has 1 N–H and O–H groups in total. The number of ether oxygens (including phenoxy) is 3. The maximum absolute atomic E-state index is 11.9. The minimum Gasteiger partial charge on any atom is -0.493 e. The van der Waals surface area contributed by atoms with Crippen molar-refractivity contribution >= 4 is 23.8 Å². The zero-order valence-electron chi connectivity index (χ0n) is 18.0. The number of carboxylic acids is 1. The van der Waals surface area contributed by atoms with Crippen LogP contribution in [-0.4, -0.2) is 37.5 Å². The lowest BCUT2D eigenvalue weighted by atomic mass is 10.1. The van der Waals surface area contributed by atoms with Crippen molar-refractivity contribution in [3.63, 3.8) is 0 Å². The van der Waals surface area contributed by atoms with Crippen molar-refractivity contribution in [1.82, 2.24) is 0 Å². The fraction of sp³-hybridized carbons (Fsp3) is 0.160. The molecule has 0 radical (unpaired) electrons. The van der Waals surface area contributed by atoms with E-state index in [4.69, 9.17) is 19.3 Å². The molecule has 0 aliphatic rings. The second kappa shape index (κ2) is 10.3. The molecule has 0 aromatic heterocycles. The molecular weight excluding hydrogens is 410 g/mol. The van der Waals surface area contributed by atoms with Crippen molar-refractivity contribution in [1.29, 1.82) is 0 Å². The largest absolute Gasteiger partial charge is 0.493 e. The smallest absolute Gasteiger partial charge is 0.338 e. The second-order valence-electron chi connectivity index (χ2n) is 6.90. The molecule has 0 bridgehead atoms. The lowest BCUT2D eigenvalue weighted by Gasteiger charge is -2.11. The van der Waals surface area contributed by atoms with E-state index in [1.54, 1.807) is 49.7 Å². The zero-order valence-corrected chi connectivity index (χ0v) is 18.0. The lowest BCUT2D eigenvalue weighted by molar-refractivity contribution is 0.0599. The van der Waals surface area contributed by atoms with Crippen LogP contribution < -0.4 is 9.47 Å². The Balaban J connectivity index is 1.74. The van der Waals surface area contributed by atoms with Crippen molar-refractivity contribution in [2.24, 2.45) is 4.99 Å². The predicted molar refractivity (Wildman–Crippen MR) is 120 cm³/mol. The first-order chi connectivity index (χ1) is 15.4. The molecule has 0 atom stereocenters. The minimum atomic E-state index is -0.969. The van der Waals surface area contributed by atoms with Gasteiger partial charge in [0.1, 0.15) is 6.61 Å². The molecule has 32 heavy (non-hydrogen) atoms. The van der Waals surface area contributed by atoms with E-state index in [0.717, 1.165) is 16.7 Å². The van der Waals surface area contributed by atoms with E-state index in [1.165, 1.54) is 19.2 Å². The van der Waals surface area contributed by atoms with Gasteiger partial charge in [0.25, 0.3) is 0 Å². The number of nitrogens with zero attached hydrogens (tertiary/aromatic N) is 1. The molecule has 0 amide bonds. The average molecular weight is 433 g/mol. The number of carboxylic acid groups (broad SMARTS) is 1. The molecule has 0 aliphatic heterocycles. The summed E-state index contributed by atoms with van der Waals surface area (Å²) < 4.78 is 16.1. The molecule has 0 fully saturated rings. The van der Waals surface area contributed by atoms with Gasteiger partial charge in [0.2, 0.25) is 0 Å². The molecule has 7 nitrogen and oxygen atoms in total. The van der Waals surface area contributed by atoms with Gasteiger partial charge in [-0.15, -0.1) is 0 Å². The fourth-order valence-corrected chi connectivity index (χ4v) is 3.03. The average Bonchev–Trinajstić information content (AvgIpc) is 2.82. The van der Waals surface area contributed by atoms with Crippen molar-refractivity contribution in [3.8, 4) is 11.5 Å². The van der Waals surface area contributed by atoms with E-state index >= 15 is 0 Å². The third-order valence-corrected chi connectivity index (χ3v) is 4.85. The minimum absolute atomic E-state index is 0.224. The number of esters is 1. The van der Waals surface area contributed by atoms with Crippen LogP contribution in [0.5, 0.6) is 11.5 Å². The van der Waals surface area contributed by atoms with Crippen LogP contribution in [0.4, 0.5) is 5.69 Å². The normalized spacial score (nSPS) is 10.7. The highest BCUT2D eigenvalue weighted by molar-refractivity contribution is 5.93. The van der Waals surface area contributed by atoms with E-state index < -0.39 is 11.9 Å². The van der Waals surface area contributed by atoms with E-state index in [9.17, 15) is 9.59 Å². The topological polar surface area (TPSA) is 94.4 Å². The Morgan fingerprint density at radius 1 is 1.00 bits per heavy atom. The summed E-state index contributed by atoms with van der Waals surface area (Å²) in [6, 6.07) is 17.2. The molecule has 3 aromatic carbocycles. The van der Waals surface area contributed by atoms with E-state index in [2.05, 4.69) is 4.99 Å². The highest BCUT2D eigenvalue weighted by Crippen LogP contribution is 2.29. The summed E-state index contributed by atoms with van der Waals surface area (Å²) in [6.07, 6.45) is 1.68. The summed E-state index contributed by atoms with van der Waals surface area (Å²) >= 11 is 0. The van der Waals surface area contributed by atoms with Crippen LogP contribution >= 0.6 is 0 Å². The standard InChI is InChI=1S/C25H23NO6/c1-16-20(25(29)31-3)5-4-6-21(16)26-14-18-9-12-22(23(13-18)30-2)32-15-17-7-10-19(11-8-17)24(27)28/h4-14H,15H2,1-3H3,(H,27,28). The number of carbonyl (C=O) groups excluding carboxylic acids is 1. The maximum atomic E-state index is 11.9. The van der Waals surface area contributed by atoms with Crippen LogP contribution in [0.15, 0.2) is 65.7 Å². The SMILES string of the molecule is COC(=O)c1cccc(N=Cc2ccc(OCc3ccc(C(=O)O)cc3)c(OC)c2)c1C. The Morgan fingerprint density at radius 3 is 2.41 bits per heavy atom. The first-order valence-electron chi connectivity index (χ1n) is 9.78. The molecule has 0 saturated heterocycles. The number of aromatic carboxylic acids is 1. The van der Waals surface area contributed by atoms with Crippen molar-refractivity contribution in [2.75, 3.05) is 14.2 Å². The number of aliphatic imine (C=N–C) groups is 1. The summed E-state index contributed by atoms with van der Waals surface area (Å²) in [5, 5.41) is 8.98. The number of hydrogen-bond acceptors (Lipinski definition) is 6. The van der Waals surface area contributed by atoms with Crippen molar-refractivity contribution in [2.45, 2.75) is 13.5 Å². The molecule has 3 aromatic rings. The van der Waals surface area contributed by atoms with E-state index in [0.29, 0.717) is 22.7 Å². The molecule has 164 valence electrons. The Kier molecular flexibility index (Phi) is 7.23. The third kappa shape index (κ3) is 5.31. The number of carbonyl (C=O) groups is 2. The lowest BCUT2D eigenvalue weighted by Crippen LogP contribution is -2.03. The Hall–Kier alpha value is -4.13. The molecule has 3 rings (SSSR count). The van der Waals surface area contributed by atoms with Gasteiger partial charge in [-0.25, -0.2) is 9.59 Å². The summed E-state index contributed by atoms with van der Waals surface area (Å²) in [5.41, 5.74) is 3.72. The van der Waals surface area contributed by atoms with Gasteiger partial charge in [0.15, 0.2) is 11.5 Å². The summed E-state index contributed by atoms with van der Waals surface area (Å²) in [5.74, 6) is -0.282. The van der Waals surface area contributed by atoms with Crippen LogP contribution in [0.3, 0.4) is 0 Å². The van der Waals surface area contributed by atoms with Gasteiger partial charge >= 0.3 is 11.9 Å². The van der Waals surface area contributed by atoms with Gasteiger partial charge in [-0.05, 0) is 66.1 Å². The van der Waals surface area contributed by atoms with Gasteiger partial charge in [0.05, 0.1) is 31.0 Å². The maximum Gasteiger partial charge on any atom is 0.338 e. The van der Waals surface area contributed by atoms with E-state index in [-0.39, 0.29) is 12.2 Å². The van der Waals surface area contributed by atoms with E-state index in [1.807, 2.05) is 19.1 Å². The van der Waals surface area contributed by atoms with Gasteiger partial charge < -0.3 is 19.3 Å². The molecule has 0 heterocycles. The molecule has 7 heteroatoms. The van der Waals surface area contributed by atoms with Crippen LogP contribution in [0.2, 0.25) is 0 Å². The fourth-order valence-electron chi connectivity index (χ4n) is 3.03. The van der Waals surface area contributed by atoms with Gasteiger partial charge in [-0.2, -0.15) is 0 Å². The first-order valence-corrected chi connectivity index (χ1v) is 9.78. The van der Waals surface area contributed by atoms with Crippen molar-refractivity contribution < 1.29 is 28.9 Å². The number of rotatable bonds is 8. The molecule has 0 unspecified atom stereocenters. The molecule has 0 saturated carbocycles. The molecule has 0 spiro atoms. The predicted octanol–water partition coefficient (Wildman–Crippen LogP) is 4.82. The van der Waals surface area contributed by atoms with Crippen LogP contribution in [0.25, 0.3) is 0 Å². The monoisotopic (exact) mass is 433 g/mol. The summed E-state index contributed by atoms with van der Waals surface area (Å²) in [4.78, 5) is 27.3. The van der Waals surface area contributed by atoms with Crippen LogP contribution in [0.1, 0.15) is 37.4 Å². The van der Waals surface area contributed by atoms with Gasteiger partial charge in [0, 0.05) is 6.21 Å². The Labute approximate surface area is 185 Å². The number of benzene rings is 3. The Bertz CT molecular complexity index is 1150. The third-order valence-electron chi connectivity index (χ3n) is 4.85.